The molecule has 1 aromatic carbocycles. The van der Waals surface area contributed by atoms with E-state index in [1.165, 1.54) is 0 Å². The van der Waals surface area contributed by atoms with Gasteiger partial charge >= 0.3 is 0 Å². The molecule has 0 amide bonds. The molecular formula is C17H14BrClN4O. The fourth-order valence-electron chi connectivity index (χ4n) is 2.90. The van der Waals surface area contributed by atoms with Crippen LogP contribution >= 0.6 is 27.5 Å². The van der Waals surface area contributed by atoms with Crippen molar-refractivity contribution >= 4 is 44.4 Å². The quantitative estimate of drug-likeness (QED) is 0.582. The van der Waals surface area contributed by atoms with Gasteiger partial charge in [0.15, 0.2) is 0 Å². The zero-order valence-corrected chi connectivity index (χ0v) is 15.6. The van der Waals surface area contributed by atoms with E-state index >= 15 is 0 Å². The summed E-state index contributed by atoms with van der Waals surface area (Å²) < 4.78 is 2.37. The van der Waals surface area contributed by atoms with Crippen LogP contribution in [-0.2, 0) is 0 Å². The normalized spacial score (nSPS) is 11.0. The fourth-order valence-corrected chi connectivity index (χ4v) is 3.49. The van der Waals surface area contributed by atoms with Gasteiger partial charge in [-0.25, -0.2) is 4.98 Å². The van der Waals surface area contributed by atoms with Gasteiger partial charge in [0, 0.05) is 10.9 Å². The molecule has 24 heavy (non-hydrogen) atoms. The van der Waals surface area contributed by atoms with E-state index in [0.29, 0.717) is 32.5 Å². The SMILES string of the molecule is Cc1cc2c(C#N)c(N)n(-c3c(C)cc(Cl)c(O)c3C)c2nc1Br. The van der Waals surface area contributed by atoms with Crippen LogP contribution in [0.3, 0.4) is 0 Å². The number of phenols is 1. The smallest absolute Gasteiger partial charge is 0.148 e. The average Bonchev–Trinajstić information content (AvgIpc) is 2.77. The van der Waals surface area contributed by atoms with Gasteiger partial charge in [0.1, 0.15) is 33.5 Å². The van der Waals surface area contributed by atoms with Gasteiger partial charge < -0.3 is 10.8 Å². The van der Waals surface area contributed by atoms with Crippen molar-refractivity contribution in [2.45, 2.75) is 20.8 Å². The Kier molecular flexibility index (Phi) is 3.94. The summed E-state index contributed by atoms with van der Waals surface area (Å²) in [5, 5.41) is 20.7. The summed E-state index contributed by atoms with van der Waals surface area (Å²) in [5.41, 5.74) is 10.1. The zero-order valence-electron chi connectivity index (χ0n) is 13.3. The van der Waals surface area contributed by atoms with E-state index < -0.39 is 0 Å². The summed E-state index contributed by atoms with van der Waals surface area (Å²) in [6, 6.07) is 5.69. The van der Waals surface area contributed by atoms with Crippen LogP contribution in [0.1, 0.15) is 22.3 Å². The highest BCUT2D eigenvalue weighted by molar-refractivity contribution is 9.10. The predicted octanol–water partition coefficient (Wildman–Crippen LogP) is 4.53. The Balaban J connectivity index is 2.54. The highest BCUT2D eigenvalue weighted by Crippen LogP contribution is 2.39. The first-order chi connectivity index (χ1) is 11.3. The first-order valence-electron chi connectivity index (χ1n) is 7.14. The molecule has 2 heterocycles. The van der Waals surface area contributed by atoms with E-state index in [9.17, 15) is 10.4 Å². The standard InChI is InChI=1S/C17H14BrClN4O/c1-7-5-12(19)14(24)9(3)13(7)23-16(21)11(6-20)10-4-8(2)15(18)22-17(10)23/h4-5,24H,21H2,1-3H3. The fraction of sp³-hybridized carbons (Fsp3) is 0.176. The molecule has 0 aliphatic carbocycles. The molecule has 3 aromatic rings. The summed E-state index contributed by atoms with van der Waals surface area (Å²) in [4.78, 5) is 4.55. The molecule has 3 rings (SSSR count). The molecule has 0 bridgehead atoms. The van der Waals surface area contributed by atoms with Crippen molar-refractivity contribution in [2.24, 2.45) is 0 Å². The summed E-state index contributed by atoms with van der Waals surface area (Å²) >= 11 is 9.47. The monoisotopic (exact) mass is 404 g/mol. The molecule has 5 nitrogen and oxygen atoms in total. The van der Waals surface area contributed by atoms with E-state index in [4.69, 9.17) is 17.3 Å². The number of nitriles is 1. The Morgan fingerprint density at radius 1 is 1.29 bits per heavy atom. The van der Waals surface area contributed by atoms with Crippen LogP contribution in [0.2, 0.25) is 5.02 Å². The summed E-state index contributed by atoms with van der Waals surface area (Å²) in [5.74, 6) is 0.272. The number of nitrogens with two attached hydrogens (primary N) is 1. The lowest BCUT2D eigenvalue weighted by Gasteiger charge is -2.16. The zero-order chi connectivity index (χ0) is 17.8. The summed E-state index contributed by atoms with van der Waals surface area (Å²) in [6.07, 6.45) is 0. The van der Waals surface area contributed by atoms with Gasteiger partial charge in [-0.2, -0.15) is 5.26 Å². The highest BCUT2D eigenvalue weighted by atomic mass is 79.9. The number of aryl methyl sites for hydroxylation is 2. The van der Waals surface area contributed by atoms with Crippen molar-refractivity contribution in [3.63, 3.8) is 0 Å². The minimum Gasteiger partial charge on any atom is -0.506 e. The van der Waals surface area contributed by atoms with Gasteiger partial charge in [0.2, 0.25) is 0 Å². The van der Waals surface area contributed by atoms with E-state index in [2.05, 4.69) is 27.0 Å². The minimum absolute atomic E-state index is 0.0109. The van der Waals surface area contributed by atoms with Crippen LogP contribution in [0, 0.1) is 32.1 Å². The Hall–Kier alpha value is -2.23. The van der Waals surface area contributed by atoms with Crippen LogP contribution in [0.5, 0.6) is 5.75 Å². The average molecular weight is 406 g/mol. The minimum atomic E-state index is -0.0109. The topological polar surface area (TPSA) is 87.9 Å². The van der Waals surface area contributed by atoms with Gasteiger partial charge in [-0.05, 0) is 60.0 Å². The van der Waals surface area contributed by atoms with Crippen molar-refractivity contribution in [3.05, 3.63) is 44.0 Å². The lowest BCUT2D eigenvalue weighted by atomic mass is 10.1. The maximum Gasteiger partial charge on any atom is 0.148 e. The number of hydrogen-bond acceptors (Lipinski definition) is 4. The number of anilines is 1. The highest BCUT2D eigenvalue weighted by Gasteiger charge is 2.22. The van der Waals surface area contributed by atoms with Crippen molar-refractivity contribution in [1.82, 2.24) is 9.55 Å². The number of fused-ring (bicyclic) bond motifs is 1. The van der Waals surface area contributed by atoms with Gasteiger partial charge in [0.05, 0.1) is 10.7 Å². The largest absolute Gasteiger partial charge is 0.506 e. The molecular weight excluding hydrogens is 392 g/mol. The molecule has 122 valence electrons. The number of pyridine rings is 1. The molecule has 0 unspecified atom stereocenters. The Morgan fingerprint density at radius 3 is 2.58 bits per heavy atom. The van der Waals surface area contributed by atoms with Gasteiger partial charge in [-0.15, -0.1) is 0 Å². The Bertz CT molecular complexity index is 1050. The number of rotatable bonds is 1. The molecule has 0 spiro atoms. The van der Waals surface area contributed by atoms with Crippen LogP contribution in [0.15, 0.2) is 16.7 Å². The van der Waals surface area contributed by atoms with E-state index in [1.54, 1.807) is 17.6 Å². The number of nitrogen functional groups attached to an aromatic ring is 1. The Labute approximate surface area is 152 Å². The molecule has 0 fully saturated rings. The maximum atomic E-state index is 10.2. The van der Waals surface area contributed by atoms with E-state index in [0.717, 1.165) is 11.1 Å². The van der Waals surface area contributed by atoms with Crippen LogP contribution < -0.4 is 5.73 Å². The number of halogens is 2. The molecule has 0 aliphatic heterocycles. The van der Waals surface area contributed by atoms with E-state index in [-0.39, 0.29) is 16.6 Å². The number of hydrogen-bond donors (Lipinski definition) is 2. The van der Waals surface area contributed by atoms with Crippen molar-refractivity contribution in [3.8, 4) is 17.5 Å². The van der Waals surface area contributed by atoms with Gasteiger partial charge in [-0.3, -0.25) is 4.57 Å². The third kappa shape index (κ3) is 2.24. The summed E-state index contributed by atoms with van der Waals surface area (Å²) in [7, 11) is 0. The maximum absolute atomic E-state index is 10.2. The molecule has 0 aliphatic rings. The van der Waals surface area contributed by atoms with Gasteiger partial charge in [-0.1, -0.05) is 11.6 Å². The first kappa shape index (κ1) is 16.6. The van der Waals surface area contributed by atoms with Gasteiger partial charge in [0.25, 0.3) is 0 Å². The van der Waals surface area contributed by atoms with Crippen molar-refractivity contribution in [1.29, 1.82) is 5.26 Å². The van der Waals surface area contributed by atoms with Crippen LogP contribution in [-0.4, -0.2) is 14.7 Å². The summed E-state index contributed by atoms with van der Waals surface area (Å²) in [6.45, 7) is 5.52. The van der Waals surface area contributed by atoms with Crippen molar-refractivity contribution in [2.75, 3.05) is 5.73 Å². The molecule has 0 atom stereocenters. The molecule has 0 radical (unpaired) electrons. The molecule has 3 N–H and O–H groups in total. The number of phenolic OH excluding ortho intramolecular Hbond substituents is 1. The second-order valence-electron chi connectivity index (χ2n) is 5.67. The number of benzene rings is 1. The second-order valence-corrected chi connectivity index (χ2v) is 6.83. The Morgan fingerprint density at radius 2 is 1.96 bits per heavy atom. The third-order valence-corrected chi connectivity index (χ3v) is 5.19. The molecule has 0 saturated carbocycles. The lowest BCUT2D eigenvalue weighted by molar-refractivity contribution is 0.471. The number of aromatic nitrogens is 2. The predicted molar refractivity (Wildman–Crippen MR) is 98.8 cm³/mol. The van der Waals surface area contributed by atoms with Crippen LogP contribution in [0.25, 0.3) is 16.7 Å². The van der Waals surface area contributed by atoms with E-state index in [1.807, 2.05) is 19.9 Å². The second kappa shape index (κ2) is 5.69. The molecule has 7 heteroatoms. The number of nitrogens with zero attached hydrogens (tertiary/aromatic N) is 3. The number of aromatic hydroxyl groups is 1. The van der Waals surface area contributed by atoms with Crippen molar-refractivity contribution < 1.29 is 5.11 Å². The molecule has 2 aromatic heterocycles. The first-order valence-corrected chi connectivity index (χ1v) is 8.31. The molecule has 0 saturated heterocycles. The van der Waals surface area contributed by atoms with Crippen LogP contribution in [0.4, 0.5) is 5.82 Å². The third-order valence-electron chi connectivity index (χ3n) is 4.10. The lowest BCUT2D eigenvalue weighted by Crippen LogP contribution is -2.06.